The standard InChI is InChI=1S/C15H24N2O2/c1-2-18-10-11-19-15-8-4-3-7-14(15)17-9-5-6-13(16)12-17/h3-4,7-8,13H,2,5-6,9-12,16H2,1H3. The summed E-state index contributed by atoms with van der Waals surface area (Å²) in [4.78, 5) is 2.32. The minimum absolute atomic E-state index is 0.269. The maximum atomic E-state index is 6.05. The lowest BCUT2D eigenvalue weighted by atomic mass is 10.1. The molecule has 1 saturated heterocycles. The molecule has 0 aromatic heterocycles. The van der Waals surface area contributed by atoms with Crippen LogP contribution in [0.2, 0.25) is 0 Å². The molecule has 1 aliphatic heterocycles. The summed E-state index contributed by atoms with van der Waals surface area (Å²) in [5.41, 5.74) is 7.20. The zero-order valence-corrected chi connectivity index (χ0v) is 11.7. The Morgan fingerprint density at radius 2 is 2.16 bits per heavy atom. The van der Waals surface area contributed by atoms with Gasteiger partial charge in [-0.2, -0.15) is 0 Å². The molecule has 0 aliphatic carbocycles. The van der Waals surface area contributed by atoms with Crippen LogP contribution < -0.4 is 15.4 Å². The third kappa shape index (κ3) is 4.11. The van der Waals surface area contributed by atoms with Crippen molar-refractivity contribution in [2.45, 2.75) is 25.8 Å². The molecule has 4 heteroatoms. The monoisotopic (exact) mass is 264 g/mol. The fourth-order valence-electron chi connectivity index (χ4n) is 2.42. The van der Waals surface area contributed by atoms with Crippen molar-refractivity contribution < 1.29 is 9.47 Å². The molecule has 0 amide bonds. The second kappa shape index (κ2) is 7.36. The van der Waals surface area contributed by atoms with Crippen LogP contribution in [0.1, 0.15) is 19.8 Å². The van der Waals surface area contributed by atoms with E-state index in [2.05, 4.69) is 11.0 Å². The highest BCUT2D eigenvalue weighted by Crippen LogP contribution is 2.29. The second-order valence-corrected chi connectivity index (χ2v) is 4.86. The number of nitrogens with two attached hydrogens (primary N) is 1. The van der Waals surface area contributed by atoms with Gasteiger partial charge in [-0.3, -0.25) is 0 Å². The molecule has 1 aromatic carbocycles. The predicted octanol–water partition coefficient (Wildman–Crippen LogP) is 2.03. The van der Waals surface area contributed by atoms with Crippen molar-refractivity contribution in [2.75, 3.05) is 37.8 Å². The van der Waals surface area contributed by atoms with Crippen molar-refractivity contribution in [2.24, 2.45) is 5.73 Å². The molecule has 1 unspecified atom stereocenters. The first-order chi connectivity index (χ1) is 9.31. The van der Waals surface area contributed by atoms with Crippen LogP contribution >= 0.6 is 0 Å². The Morgan fingerprint density at radius 1 is 1.32 bits per heavy atom. The van der Waals surface area contributed by atoms with Crippen LogP contribution in [-0.2, 0) is 4.74 Å². The van der Waals surface area contributed by atoms with Crippen molar-refractivity contribution in [3.8, 4) is 5.75 Å². The van der Waals surface area contributed by atoms with Gasteiger partial charge in [0, 0.05) is 25.7 Å². The first-order valence-corrected chi connectivity index (χ1v) is 7.11. The third-order valence-electron chi connectivity index (χ3n) is 3.35. The smallest absolute Gasteiger partial charge is 0.142 e. The van der Waals surface area contributed by atoms with E-state index in [0.717, 1.165) is 44.0 Å². The van der Waals surface area contributed by atoms with Gasteiger partial charge in [-0.25, -0.2) is 0 Å². The Hall–Kier alpha value is -1.26. The molecule has 106 valence electrons. The number of benzene rings is 1. The van der Waals surface area contributed by atoms with Crippen molar-refractivity contribution in [3.05, 3.63) is 24.3 Å². The zero-order chi connectivity index (χ0) is 13.5. The van der Waals surface area contributed by atoms with E-state index in [1.165, 1.54) is 0 Å². The number of anilines is 1. The van der Waals surface area contributed by atoms with E-state index >= 15 is 0 Å². The number of rotatable bonds is 6. The minimum atomic E-state index is 0.269. The molecule has 1 aliphatic rings. The summed E-state index contributed by atoms with van der Waals surface area (Å²) in [6, 6.07) is 8.44. The molecule has 0 bridgehead atoms. The van der Waals surface area contributed by atoms with E-state index in [-0.39, 0.29) is 6.04 Å². The molecule has 0 radical (unpaired) electrons. The quantitative estimate of drug-likeness (QED) is 0.799. The highest BCUT2D eigenvalue weighted by Gasteiger charge is 2.19. The Kier molecular flexibility index (Phi) is 5.48. The second-order valence-electron chi connectivity index (χ2n) is 4.86. The molecule has 2 N–H and O–H groups in total. The summed E-state index contributed by atoms with van der Waals surface area (Å²) in [7, 11) is 0. The van der Waals surface area contributed by atoms with Gasteiger partial charge in [0.05, 0.1) is 12.3 Å². The van der Waals surface area contributed by atoms with E-state index in [1.807, 2.05) is 25.1 Å². The summed E-state index contributed by atoms with van der Waals surface area (Å²) in [6.07, 6.45) is 2.26. The minimum Gasteiger partial charge on any atom is -0.489 e. The molecule has 4 nitrogen and oxygen atoms in total. The van der Waals surface area contributed by atoms with E-state index in [1.54, 1.807) is 0 Å². The van der Waals surface area contributed by atoms with Crippen LogP contribution in [-0.4, -0.2) is 39.0 Å². The molecule has 1 aromatic rings. The lowest BCUT2D eigenvalue weighted by Crippen LogP contribution is -2.43. The Morgan fingerprint density at radius 3 is 2.95 bits per heavy atom. The van der Waals surface area contributed by atoms with E-state index in [9.17, 15) is 0 Å². The van der Waals surface area contributed by atoms with Crippen LogP contribution in [0.15, 0.2) is 24.3 Å². The van der Waals surface area contributed by atoms with Gasteiger partial charge in [-0.05, 0) is 31.9 Å². The van der Waals surface area contributed by atoms with Crippen molar-refractivity contribution >= 4 is 5.69 Å². The third-order valence-corrected chi connectivity index (χ3v) is 3.35. The summed E-state index contributed by atoms with van der Waals surface area (Å²) in [5.74, 6) is 0.927. The largest absolute Gasteiger partial charge is 0.489 e. The molecule has 19 heavy (non-hydrogen) atoms. The highest BCUT2D eigenvalue weighted by atomic mass is 16.5. The van der Waals surface area contributed by atoms with Gasteiger partial charge < -0.3 is 20.1 Å². The molecule has 1 heterocycles. The predicted molar refractivity (Wildman–Crippen MR) is 77.9 cm³/mol. The SMILES string of the molecule is CCOCCOc1ccccc1N1CCCC(N)C1. The normalized spacial score (nSPS) is 19.5. The number of piperidine rings is 1. The van der Waals surface area contributed by atoms with Gasteiger partial charge >= 0.3 is 0 Å². The van der Waals surface area contributed by atoms with Gasteiger partial charge in [0.1, 0.15) is 12.4 Å². The molecular weight excluding hydrogens is 240 g/mol. The van der Waals surface area contributed by atoms with Crippen molar-refractivity contribution in [3.63, 3.8) is 0 Å². The maximum Gasteiger partial charge on any atom is 0.142 e. The molecule has 2 rings (SSSR count). The van der Waals surface area contributed by atoms with Crippen molar-refractivity contribution in [1.82, 2.24) is 0 Å². The van der Waals surface area contributed by atoms with Crippen LogP contribution in [0.3, 0.4) is 0 Å². The fourth-order valence-corrected chi connectivity index (χ4v) is 2.42. The van der Waals surface area contributed by atoms with Crippen molar-refractivity contribution in [1.29, 1.82) is 0 Å². The average Bonchev–Trinajstić information content (AvgIpc) is 2.44. The van der Waals surface area contributed by atoms with E-state index < -0.39 is 0 Å². The van der Waals surface area contributed by atoms with Crippen LogP contribution in [0.25, 0.3) is 0 Å². The van der Waals surface area contributed by atoms with Crippen LogP contribution in [0, 0.1) is 0 Å². The van der Waals surface area contributed by atoms with Gasteiger partial charge in [-0.15, -0.1) is 0 Å². The highest BCUT2D eigenvalue weighted by molar-refractivity contribution is 5.58. The van der Waals surface area contributed by atoms with E-state index in [4.69, 9.17) is 15.2 Å². The summed E-state index contributed by atoms with van der Waals surface area (Å²) >= 11 is 0. The summed E-state index contributed by atoms with van der Waals surface area (Å²) in [6.45, 7) is 5.90. The lowest BCUT2D eigenvalue weighted by molar-refractivity contribution is 0.110. The zero-order valence-electron chi connectivity index (χ0n) is 11.7. The van der Waals surface area contributed by atoms with Gasteiger partial charge in [-0.1, -0.05) is 12.1 Å². The fraction of sp³-hybridized carbons (Fsp3) is 0.600. The topological polar surface area (TPSA) is 47.7 Å². The summed E-state index contributed by atoms with van der Waals surface area (Å²) < 4.78 is 11.1. The van der Waals surface area contributed by atoms with Crippen LogP contribution in [0.5, 0.6) is 5.75 Å². The molecule has 0 saturated carbocycles. The maximum absolute atomic E-state index is 6.05. The average molecular weight is 264 g/mol. The number of nitrogens with zero attached hydrogens (tertiary/aromatic N) is 1. The first-order valence-electron chi connectivity index (χ1n) is 7.11. The summed E-state index contributed by atoms with van der Waals surface area (Å²) in [5, 5.41) is 0. The number of para-hydroxylation sites is 2. The molecule has 1 fully saturated rings. The van der Waals surface area contributed by atoms with Gasteiger partial charge in [0.2, 0.25) is 0 Å². The number of hydrogen-bond donors (Lipinski definition) is 1. The van der Waals surface area contributed by atoms with Gasteiger partial charge in [0.25, 0.3) is 0 Å². The lowest BCUT2D eigenvalue weighted by Gasteiger charge is -2.33. The van der Waals surface area contributed by atoms with E-state index in [0.29, 0.717) is 13.2 Å². The number of hydrogen-bond acceptors (Lipinski definition) is 4. The molecular formula is C15H24N2O2. The Bertz CT molecular complexity index is 384. The molecule has 1 atom stereocenters. The van der Waals surface area contributed by atoms with Gasteiger partial charge in [0.15, 0.2) is 0 Å². The van der Waals surface area contributed by atoms with Crippen LogP contribution in [0.4, 0.5) is 5.69 Å². The number of ether oxygens (including phenoxy) is 2. The molecule has 0 spiro atoms. The Balaban J connectivity index is 1.99. The Labute approximate surface area is 115 Å². The first kappa shape index (κ1) is 14.2.